The Morgan fingerprint density at radius 3 is 2.40 bits per heavy atom. The topological polar surface area (TPSA) is 82.9 Å². The van der Waals surface area contributed by atoms with E-state index in [9.17, 15) is 14.4 Å². The minimum atomic E-state index is -0.378. The van der Waals surface area contributed by atoms with Gasteiger partial charge in [-0.25, -0.2) is 4.98 Å². The third-order valence-electron chi connectivity index (χ3n) is 5.54. The van der Waals surface area contributed by atoms with Gasteiger partial charge >= 0.3 is 0 Å². The summed E-state index contributed by atoms with van der Waals surface area (Å²) >= 11 is 4.83. The number of anilines is 2. The van der Waals surface area contributed by atoms with Gasteiger partial charge in [0, 0.05) is 22.9 Å². The summed E-state index contributed by atoms with van der Waals surface area (Å²) in [5.41, 5.74) is 3.54. The molecule has 174 valence electrons. The van der Waals surface area contributed by atoms with Crippen LogP contribution in [0.2, 0.25) is 0 Å². The van der Waals surface area contributed by atoms with Crippen LogP contribution in [0.5, 0.6) is 0 Å². The molecule has 1 aliphatic rings. The lowest BCUT2D eigenvalue weighted by atomic mass is 10.2. The Morgan fingerprint density at radius 1 is 1.03 bits per heavy atom. The van der Waals surface area contributed by atoms with Crippen molar-refractivity contribution >= 4 is 72.2 Å². The van der Waals surface area contributed by atoms with Gasteiger partial charge in [-0.05, 0) is 55.0 Å². The fourth-order valence-corrected chi connectivity index (χ4v) is 5.16. The first-order valence-corrected chi connectivity index (χ1v) is 12.5. The number of benzene rings is 3. The number of hydrazone groups is 1. The lowest BCUT2D eigenvalue weighted by Crippen LogP contribution is -2.29. The number of aromatic nitrogens is 1. The second-order valence-corrected chi connectivity index (χ2v) is 9.98. The molecule has 7 nitrogen and oxygen atoms in total. The molecule has 5 rings (SSSR count). The maximum Gasteiger partial charge on any atom is 0.280 e. The number of fused-ring (bicyclic) bond motifs is 1. The SMILES string of the molecule is Cc1ccc(/C=N/N(C(=O)c2ccc(N3C(=O)CCC3=O)cc2)c2nc3ccc(Br)cc3s2)cc1. The summed E-state index contributed by atoms with van der Waals surface area (Å²) in [4.78, 5) is 43.4. The van der Waals surface area contributed by atoms with Gasteiger partial charge in [-0.3, -0.25) is 19.3 Å². The molecule has 1 aliphatic heterocycles. The first-order chi connectivity index (χ1) is 16.9. The summed E-state index contributed by atoms with van der Waals surface area (Å²) in [5.74, 6) is -0.852. The molecular formula is C26H19BrN4O3S. The zero-order valence-electron chi connectivity index (χ0n) is 18.6. The summed E-state index contributed by atoms with van der Waals surface area (Å²) in [7, 11) is 0. The van der Waals surface area contributed by atoms with Gasteiger partial charge < -0.3 is 0 Å². The van der Waals surface area contributed by atoms with E-state index in [0.29, 0.717) is 16.4 Å². The van der Waals surface area contributed by atoms with Crippen molar-refractivity contribution in [3.8, 4) is 0 Å². The van der Waals surface area contributed by atoms with Gasteiger partial charge in [-0.1, -0.05) is 57.1 Å². The number of carbonyl (C=O) groups excluding carboxylic acids is 3. The third kappa shape index (κ3) is 4.78. The van der Waals surface area contributed by atoms with Crippen molar-refractivity contribution < 1.29 is 14.4 Å². The molecule has 3 amide bonds. The van der Waals surface area contributed by atoms with E-state index in [1.807, 2.05) is 49.4 Å². The highest BCUT2D eigenvalue weighted by Gasteiger charge is 2.30. The van der Waals surface area contributed by atoms with Crippen molar-refractivity contribution in [2.24, 2.45) is 5.10 Å². The number of amides is 3. The molecule has 0 spiro atoms. The summed E-state index contributed by atoms with van der Waals surface area (Å²) in [6.07, 6.45) is 2.03. The Bertz CT molecular complexity index is 1460. The Labute approximate surface area is 213 Å². The number of hydrogen-bond acceptors (Lipinski definition) is 6. The van der Waals surface area contributed by atoms with Crippen molar-refractivity contribution in [1.29, 1.82) is 0 Å². The predicted molar refractivity (Wildman–Crippen MR) is 141 cm³/mol. The first-order valence-electron chi connectivity index (χ1n) is 10.9. The molecule has 0 N–H and O–H groups in total. The van der Waals surface area contributed by atoms with Gasteiger partial charge in [0.05, 0.1) is 22.1 Å². The number of aryl methyl sites for hydroxylation is 1. The molecule has 1 fully saturated rings. The van der Waals surface area contributed by atoms with E-state index in [1.54, 1.807) is 30.5 Å². The Kier molecular flexibility index (Phi) is 6.27. The van der Waals surface area contributed by atoms with E-state index in [4.69, 9.17) is 0 Å². The summed E-state index contributed by atoms with van der Waals surface area (Å²) in [5, 5.41) is 6.20. The van der Waals surface area contributed by atoms with Crippen LogP contribution in [0.15, 0.2) is 76.3 Å². The molecule has 0 aliphatic carbocycles. The molecule has 0 bridgehead atoms. The summed E-state index contributed by atoms with van der Waals surface area (Å²) in [6, 6.07) is 19.9. The quantitative estimate of drug-likeness (QED) is 0.182. The smallest absolute Gasteiger partial charge is 0.274 e. The molecule has 0 unspecified atom stereocenters. The number of rotatable bonds is 5. The van der Waals surface area contributed by atoms with E-state index >= 15 is 0 Å². The molecule has 1 aromatic heterocycles. The molecular weight excluding hydrogens is 528 g/mol. The number of halogens is 1. The number of hydrogen-bond donors (Lipinski definition) is 0. The van der Waals surface area contributed by atoms with Crippen LogP contribution in [0.25, 0.3) is 10.2 Å². The van der Waals surface area contributed by atoms with Gasteiger partial charge in [-0.15, -0.1) is 0 Å². The van der Waals surface area contributed by atoms with Gasteiger partial charge in [0.25, 0.3) is 5.91 Å². The van der Waals surface area contributed by atoms with Crippen LogP contribution < -0.4 is 9.91 Å². The van der Waals surface area contributed by atoms with Gasteiger partial charge in [-0.2, -0.15) is 10.1 Å². The van der Waals surface area contributed by atoms with E-state index in [0.717, 1.165) is 30.7 Å². The molecule has 0 atom stereocenters. The maximum atomic E-state index is 13.5. The second-order valence-electron chi connectivity index (χ2n) is 8.05. The zero-order valence-corrected chi connectivity index (χ0v) is 21.0. The van der Waals surface area contributed by atoms with Crippen molar-refractivity contribution in [3.63, 3.8) is 0 Å². The molecule has 9 heteroatoms. The standard InChI is InChI=1S/C26H19BrN4O3S/c1-16-2-4-17(5-3-16)15-28-31(26-29-21-11-8-19(27)14-22(21)35-26)25(34)18-6-9-20(10-7-18)30-23(32)12-13-24(30)33/h2-11,14-15H,12-13H2,1H3/b28-15+. The normalized spacial score (nSPS) is 13.8. The number of carbonyl (C=O) groups is 3. The molecule has 1 saturated heterocycles. The molecule has 3 aromatic carbocycles. The van der Waals surface area contributed by atoms with E-state index in [1.165, 1.54) is 16.3 Å². The molecule has 4 aromatic rings. The van der Waals surface area contributed by atoms with Crippen LogP contribution in [0.4, 0.5) is 10.8 Å². The first kappa shape index (κ1) is 23.1. The number of thiazole rings is 1. The van der Waals surface area contributed by atoms with Crippen molar-refractivity contribution in [2.45, 2.75) is 19.8 Å². The average molecular weight is 547 g/mol. The number of imide groups is 1. The van der Waals surface area contributed by atoms with Crippen molar-refractivity contribution in [2.75, 3.05) is 9.91 Å². The highest BCUT2D eigenvalue weighted by molar-refractivity contribution is 9.10. The Hall–Kier alpha value is -3.69. The monoisotopic (exact) mass is 546 g/mol. The third-order valence-corrected chi connectivity index (χ3v) is 7.02. The number of nitrogens with zero attached hydrogens (tertiary/aromatic N) is 4. The Morgan fingerprint density at radius 2 is 1.71 bits per heavy atom. The van der Waals surface area contributed by atoms with Crippen LogP contribution >= 0.6 is 27.3 Å². The van der Waals surface area contributed by atoms with Gasteiger partial charge in [0.15, 0.2) is 0 Å². The van der Waals surface area contributed by atoms with Crippen molar-refractivity contribution in [3.05, 3.63) is 87.9 Å². The summed E-state index contributed by atoms with van der Waals surface area (Å²) in [6.45, 7) is 2.00. The van der Waals surface area contributed by atoms with Gasteiger partial charge in [0.2, 0.25) is 16.9 Å². The largest absolute Gasteiger partial charge is 0.280 e. The zero-order chi connectivity index (χ0) is 24.5. The molecule has 35 heavy (non-hydrogen) atoms. The van der Waals surface area contributed by atoms with E-state index < -0.39 is 0 Å². The summed E-state index contributed by atoms with van der Waals surface area (Å²) < 4.78 is 1.84. The maximum absolute atomic E-state index is 13.5. The average Bonchev–Trinajstić information content (AvgIpc) is 3.42. The second kappa shape index (κ2) is 9.52. The van der Waals surface area contributed by atoms with Gasteiger partial charge in [0.1, 0.15) is 0 Å². The molecule has 0 radical (unpaired) electrons. The lowest BCUT2D eigenvalue weighted by Gasteiger charge is -2.16. The van der Waals surface area contributed by atoms with Crippen LogP contribution in [0.3, 0.4) is 0 Å². The fourth-order valence-electron chi connectivity index (χ4n) is 3.68. The van der Waals surface area contributed by atoms with Crippen LogP contribution in [-0.4, -0.2) is 28.9 Å². The minimum absolute atomic E-state index is 0.203. The fraction of sp³-hybridized carbons (Fsp3) is 0.115. The molecule has 0 saturated carbocycles. The lowest BCUT2D eigenvalue weighted by molar-refractivity contribution is -0.121. The minimum Gasteiger partial charge on any atom is -0.274 e. The highest BCUT2D eigenvalue weighted by atomic mass is 79.9. The Balaban J connectivity index is 1.50. The molecule has 2 heterocycles. The van der Waals surface area contributed by atoms with E-state index in [2.05, 4.69) is 26.0 Å². The highest BCUT2D eigenvalue weighted by Crippen LogP contribution is 2.32. The van der Waals surface area contributed by atoms with Crippen LogP contribution in [-0.2, 0) is 9.59 Å². The predicted octanol–water partition coefficient (Wildman–Crippen LogP) is 5.70. The van der Waals surface area contributed by atoms with E-state index in [-0.39, 0.29) is 30.6 Å². The van der Waals surface area contributed by atoms with Crippen molar-refractivity contribution in [1.82, 2.24) is 4.98 Å². The van der Waals surface area contributed by atoms with Crippen LogP contribution in [0, 0.1) is 6.92 Å². The van der Waals surface area contributed by atoms with Crippen LogP contribution in [0.1, 0.15) is 34.3 Å².